The van der Waals surface area contributed by atoms with Crippen LogP contribution in [0.2, 0.25) is 0 Å². The van der Waals surface area contributed by atoms with Gasteiger partial charge >= 0.3 is 0 Å². The van der Waals surface area contributed by atoms with Crippen molar-refractivity contribution in [2.45, 2.75) is 6.92 Å². The molecule has 0 amide bonds. The lowest BCUT2D eigenvalue weighted by atomic mass is 10.2. The summed E-state index contributed by atoms with van der Waals surface area (Å²) < 4.78 is 4.15. The molecule has 0 saturated carbocycles. The first-order valence-corrected chi connectivity index (χ1v) is 6.17. The molecular weight excluding hydrogens is 308 g/mol. The smallest absolute Gasteiger partial charge is 0.293 e. The van der Waals surface area contributed by atoms with Crippen molar-refractivity contribution < 1.29 is 19.1 Å². The second-order valence-corrected chi connectivity index (χ2v) is 3.74. The Balaban J connectivity index is 0.000000335. The highest BCUT2D eigenvalue weighted by atomic mass is 16.5. The van der Waals surface area contributed by atoms with Crippen LogP contribution in [0.4, 0.5) is 0 Å². The van der Waals surface area contributed by atoms with E-state index in [2.05, 4.69) is 4.74 Å². The standard InChI is InChI=1S/C6H2O4.C6H4O2.C3H6O2/c7-3-1-2-4(8)6(10)5(3)9;7-5-1-2-6(8)4-3-5;1-2-5-3-4/h1-2H;1-4H;3H,2H2,1H3. The third-order valence-corrected chi connectivity index (χ3v) is 2.10. The third kappa shape index (κ3) is 7.90. The molecule has 0 heterocycles. The van der Waals surface area contributed by atoms with Crippen LogP contribution in [-0.4, -0.2) is 24.6 Å². The van der Waals surface area contributed by atoms with E-state index >= 15 is 0 Å². The second-order valence-electron chi connectivity index (χ2n) is 3.74. The molecule has 1 aromatic rings. The minimum Gasteiger partial charge on any atom is -0.468 e. The average molecular weight is 320 g/mol. The lowest BCUT2D eigenvalue weighted by Crippen LogP contribution is -2.45. The number of ketones is 2. The van der Waals surface area contributed by atoms with Gasteiger partial charge in [-0.3, -0.25) is 33.6 Å². The summed E-state index contributed by atoms with van der Waals surface area (Å²) >= 11 is 0. The molecule has 0 aromatic heterocycles. The molecule has 1 aromatic carbocycles. The Morgan fingerprint density at radius 3 is 1.35 bits per heavy atom. The summed E-state index contributed by atoms with van der Waals surface area (Å²) in [6, 6.07) is 1.60. The van der Waals surface area contributed by atoms with Gasteiger partial charge in [-0.05, 0) is 43.4 Å². The van der Waals surface area contributed by atoms with Crippen molar-refractivity contribution in [3.63, 3.8) is 0 Å². The van der Waals surface area contributed by atoms with Gasteiger partial charge in [0.05, 0.1) is 6.61 Å². The van der Waals surface area contributed by atoms with Gasteiger partial charge in [0, 0.05) is 0 Å². The molecule has 0 atom stereocenters. The number of benzene rings is 1. The molecule has 0 bridgehead atoms. The zero-order valence-electron chi connectivity index (χ0n) is 12.0. The van der Waals surface area contributed by atoms with Crippen LogP contribution in [0.1, 0.15) is 6.92 Å². The van der Waals surface area contributed by atoms with Crippen LogP contribution in [0.15, 0.2) is 55.6 Å². The largest absolute Gasteiger partial charge is 0.468 e. The number of rotatable bonds is 2. The molecular formula is C15H12O8. The lowest BCUT2D eigenvalue weighted by Gasteiger charge is -1.87. The molecule has 0 fully saturated rings. The Bertz CT molecular complexity index is 741. The van der Waals surface area contributed by atoms with Gasteiger partial charge in [0.1, 0.15) is 0 Å². The molecule has 0 N–H and O–H groups in total. The van der Waals surface area contributed by atoms with Crippen molar-refractivity contribution in [1.82, 2.24) is 0 Å². The van der Waals surface area contributed by atoms with E-state index in [0.29, 0.717) is 13.1 Å². The molecule has 120 valence electrons. The highest BCUT2D eigenvalue weighted by molar-refractivity contribution is 6.14. The normalized spacial score (nSPS) is 11.7. The number of ether oxygens (including phenoxy) is 1. The first-order valence-electron chi connectivity index (χ1n) is 6.17. The van der Waals surface area contributed by atoms with Gasteiger partial charge in [-0.15, -0.1) is 0 Å². The fourth-order valence-corrected chi connectivity index (χ4v) is 1.03. The second kappa shape index (κ2) is 10.4. The molecule has 0 radical (unpaired) electrons. The van der Waals surface area contributed by atoms with Crippen molar-refractivity contribution in [1.29, 1.82) is 0 Å². The van der Waals surface area contributed by atoms with Gasteiger partial charge in [0.2, 0.25) is 10.9 Å². The molecule has 23 heavy (non-hydrogen) atoms. The fourth-order valence-electron chi connectivity index (χ4n) is 1.03. The van der Waals surface area contributed by atoms with E-state index in [0.717, 1.165) is 12.1 Å². The molecule has 0 spiro atoms. The number of hydrogen-bond donors (Lipinski definition) is 0. The molecule has 0 saturated heterocycles. The number of hydrogen-bond acceptors (Lipinski definition) is 8. The van der Waals surface area contributed by atoms with Crippen LogP contribution in [0.5, 0.6) is 0 Å². The molecule has 8 heteroatoms. The zero-order valence-corrected chi connectivity index (χ0v) is 12.0. The fraction of sp³-hybridized carbons (Fsp3) is 0.133. The maximum Gasteiger partial charge on any atom is 0.293 e. The summed E-state index contributed by atoms with van der Waals surface area (Å²) in [6.07, 6.45) is 5.01. The van der Waals surface area contributed by atoms with E-state index in [4.69, 9.17) is 0 Å². The molecule has 0 unspecified atom stereocenters. The van der Waals surface area contributed by atoms with E-state index < -0.39 is 21.7 Å². The lowest BCUT2D eigenvalue weighted by molar-refractivity contribution is -0.128. The Morgan fingerprint density at radius 2 is 1.13 bits per heavy atom. The third-order valence-electron chi connectivity index (χ3n) is 2.10. The summed E-state index contributed by atoms with van der Waals surface area (Å²) in [5.41, 5.74) is -4.34. The summed E-state index contributed by atoms with van der Waals surface area (Å²) in [6.45, 7) is 2.66. The van der Waals surface area contributed by atoms with E-state index in [-0.39, 0.29) is 11.6 Å². The van der Waals surface area contributed by atoms with Gasteiger partial charge in [-0.1, -0.05) is 0 Å². The average Bonchev–Trinajstić information content (AvgIpc) is 2.54. The summed E-state index contributed by atoms with van der Waals surface area (Å²) in [5, 5.41) is 0. The van der Waals surface area contributed by atoms with Crippen LogP contribution < -0.4 is 21.7 Å². The molecule has 1 aliphatic rings. The minimum absolute atomic E-state index is 0.121. The van der Waals surface area contributed by atoms with Crippen molar-refractivity contribution in [3.05, 3.63) is 77.3 Å². The first-order chi connectivity index (χ1) is 10.8. The topological polar surface area (TPSA) is 129 Å². The van der Waals surface area contributed by atoms with Gasteiger partial charge in [0.15, 0.2) is 11.6 Å². The van der Waals surface area contributed by atoms with Crippen molar-refractivity contribution >= 4 is 18.0 Å². The minimum atomic E-state index is -1.24. The first kappa shape index (κ1) is 19.7. The van der Waals surface area contributed by atoms with Crippen LogP contribution in [0, 0.1) is 0 Å². The van der Waals surface area contributed by atoms with E-state index in [1.807, 2.05) is 0 Å². The van der Waals surface area contributed by atoms with E-state index in [9.17, 15) is 33.6 Å². The summed E-state index contributed by atoms with van der Waals surface area (Å²) in [5.74, 6) is -0.241. The van der Waals surface area contributed by atoms with E-state index in [1.54, 1.807) is 6.92 Å². The highest BCUT2D eigenvalue weighted by Gasteiger charge is 2.00. The van der Waals surface area contributed by atoms with Gasteiger partial charge in [-0.2, -0.15) is 0 Å². The predicted molar refractivity (Wildman–Crippen MR) is 79.9 cm³/mol. The maximum atomic E-state index is 10.4. The van der Waals surface area contributed by atoms with Gasteiger partial charge < -0.3 is 4.74 Å². The number of carbonyl (C=O) groups excluding carboxylic acids is 3. The number of carbonyl (C=O) groups is 3. The molecule has 8 nitrogen and oxygen atoms in total. The Morgan fingerprint density at radius 1 is 0.783 bits per heavy atom. The van der Waals surface area contributed by atoms with Crippen molar-refractivity contribution in [2.75, 3.05) is 6.61 Å². The zero-order chi connectivity index (χ0) is 17.8. The van der Waals surface area contributed by atoms with Crippen LogP contribution in [-0.2, 0) is 19.1 Å². The van der Waals surface area contributed by atoms with Crippen LogP contribution in [0.3, 0.4) is 0 Å². The monoisotopic (exact) mass is 320 g/mol. The van der Waals surface area contributed by atoms with Gasteiger partial charge in [0.25, 0.3) is 17.3 Å². The van der Waals surface area contributed by atoms with Crippen molar-refractivity contribution in [2.24, 2.45) is 0 Å². The van der Waals surface area contributed by atoms with E-state index in [1.165, 1.54) is 24.3 Å². The molecule has 1 aliphatic carbocycles. The van der Waals surface area contributed by atoms with Crippen LogP contribution >= 0.6 is 0 Å². The Hall–Kier alpha value is -3.29. The number of allylic oxidation sites excluding steroid dienone is 4. The Kier molecular flexibility index (Phi) is 8.95. The van der Waals surface area contributed by atoms with Crippen LogP contribution in [0.25, 0.3) is 0 Å². The highest BCUT2D eigenvalue weighted by Crippen LogP contribution is 1.90. The molecule has 0 aliphatic heterocycles. The summed E-state index contributed by atoms with van der Waals surface area (Å²) in [4.78, 5) is 71.2. The van der Waals surface area contributed by atoms with Crippen molar-refractivity contribution in [3.8, 4) is 0 Å². The van der Waals surface area contributed by atoms with Gasteiger partial charge in [-0.25, -0.2) is 0 Å². The summed E-state index contributed by atoms with van der Waals surface area (Å²) in [7, 11) is 0. The maximum absolute atomic E-state index is 10.4. The SMILES string of the molecule is CCOC=O.O=C1C=CC(=O)C=C1.O=c1ccc(=O)c(=O)c1=O. The Labute approximate surface area is 129 Å². The molecule has 2 rings (SSSR count). The quantitative estimate of drug-likeness (QED) is 0.363. The predicted octanol–water partition coefficient (Wildman–Crippen LogP) is -1.57.